The second kappa shape index (κ2) is 10.9. The molecule has 0 radical (unpaired) electrons. The molecular formula is C23H27BrN8. The van der Waals surface area contributed by atoms with E-state index >= 15 is 0 Å². The van der Waals surface area contributed by atoms with Crippen LogP contribution in [0.25, 0.3) is 28.2 Å². The Morgan fingerprint density at radius 3 is 2.56 bits per heavy atom. The number of aryl methyl sites for hydroxylation is 2. The third-order valence-electron chi connectivity index (χ3n) is 5.01. The number of pyridine rings is 2. The fourth-order valence-corrected chi connectivity index (χ4v) is 3.96. The highest BCUT2D eigenvalue weighted by Crippen LogP contribution is 2.32. The molecule has 1 aliphatic carbocycles. The minimum atomic E-state index is 0.462. The minimum absolute atomic E-state index is 0.462. The lowest BCUT2D eigenvalue weighted by Gasteiger charge is -2.12. The predicted molar refractivity (Wildman–Crippen MR) is 134 cm³/mol. The van der Waals surface area contributed by atoms with E-state index in [9.17, 15) is 0 Å². The van der Waals surface area contributed by atoms with Gasteiger partial charge < -0.3 is 16.9 Å². The molecule has 3 aromatic heterocycles. The van der Waals surface area contributed by atoms with Crippen LogP contribution in [0.4, 0.5) is 5.82 Å². The number of imidazole rings is 1. The molecule has 1 aliphatic rings. The molecule has 8 nitrogen and oxygen atoms in total. The molecule has 3 heterocycles. The lowest BCUT2D eigenvalue weighted by molar-refractivity contribution is 0.911. The van der Waals surface area contributed by atoms with Gasteiger partial charge in [-0.1, -0.05) is 12.6 Å². The molecule has 0 unspecified atom stereocenters. The predicted octanol–water partition coefficient (Wildman–Crippen LogP) is 3.48. The summed E-state index contributed by atoms with van der Waals surface area (Å²) < 4.78 is 2.85. The van der Waals surface area contributed by atoms with Crippen molar-refractivity contribution in [1.82, 2.24) is 24.9 Å². The molecule has 166 valence electrons. The Labute approximate surface area is 195 Å². The van der Waals surface area contributed by atoms with Crippen molar-refractivity contribution in [3.63, 3.8) is 0 Å². The molecule has 5 rings (SSSR count). The number of aromatic nitrogens is 4. The SMILES string of the molecule is C=CNN.CN.Nc1ncccc1-c1nc2ccc(Br)nc2n1-c1ccc2c(c1)CCC2. The number of rotatable bonds is 3. The highest BCUT2D eigenvalue weighted by atomic mass is 79.9. The summed E-state index contributed by atoms with van der Waals surface area (Å²) in [6, 6.07) is 14.3. The zero-order chi connectivity index (χ0) is 23.1. The van der Waals surface area contributed by atoms with E-state index in [-0.39, 0.29) is 0 Å². The van der Waals surface area contributed by atoms with Gasteiger partial charge in [-0.05, 0) is 89.8 Å². The molecule has 0 saturated heterocycles. The third-order valence-corrected chi connectivity index (χ3v) is 5.45. The maximum atomic E-state index is 6.15. The van der Waals surface area contributed by atoms with Crippen molar-refractivity contribution in [2.45, 2.75) is 19.3 Å². The van der Waals surface area contributed by atoms with Crippen molar-refractivity contribution in [3.05, 3.63) is 77.2 Å². The van der Waals surface area contributed by atoms with Crippen LogP contribution in [0.3, 0.4) is 0 Å². The standard InChI is InChI=1S/C20H16BrN5.C2H6N2.CH5N/c21-17-9-8-16-20(25-17)26(14-7-6-12-3-1-4-13(12)11-14)19(24-16)15-5-2-10-23-18(15)22;1-2-4-3;1-2/h2,5-11H,1,3-4H2,(H2,22,23);2,4H,1,3H2;2H2,1H3. The molecule has 0 spiro atoms. The highest BCUT2D eigenvalue weighted by molar-refractivity contribution is 9.10. The molecule has 0 amide bonds. The van der Waals surface area contributed by atoms with Gasteiger partial charge >= 0.3 is 0 Å². The fraction of sp³-hybridized carbons (Fsp3) is 0.174. The molecule has 0 saturated carbocycles. The summed E-state index contributed by atoms with van der Waals surface area (Å²) in [5.74, 6) is 5.88. The average molecular weight is 495 g/mol. The lowest BCUT2D eigenvalue weighted by Crippen LogP contribution is -2.11. The van der Waals surface area contributed by atoms with Gasteiger partial charge in [-0.25, -0.2) is 15.0 Å². The largest absolute Gasteiger partial charge is 0.383 e. The average Bonchev–Trinajstić information content (AvgIpc) is 3.44. The second-order valence-corrected chi connectivity index (χ2v) is 7.67. The first-order chi connectivity index (χ1) is 15.6. The number of nitrogen functional groups attached to an aromatic ring is 1. The van der Waals surface area contributed by atoms with Gasteiger partial charge in [0.1, 0.15) is 15.9 Å². The molecule has 4 aromatic rings. The van der Waals surface area contributed by atoms with Crippen LogP contribution in [0.5, 0.6) is 0 Å². The number of halogens is 1. The zero-order valence-electron chi connectivity index (χ0n) is 17.9. The van der Waals surface area contributed by atoms with Gasteiger partial charge in [-0.15, -0.1) is 0 Å². The van der Waals surface area contributed by atoms with E-state index in [2.05, 4.69) is 72.2 Å². The Balaban J connectivity index is 0.000000437. The number of nitrogens with one attached hydrogen (secondary N) is 1. The van der Waals surface area contributed by atoms with Gasteiger partial charge in [-0.3, -0.25) is 10.4 Å². The van der Waals surface area contributed by atoms with Gasteiger partial charge in [0.05, 0.1) is 5.56 Å². The molecule has 0 aliphatic heterocycles. The number of hydrogen-bond donors (Lipinski definition) is 4. The maximum Gasteiger partial charge on any atom is 0.166 e. The van der Waals surface area contributed by atoms with Crippen LogP contribution in [0.15, 0.2) is 66.0 Å². The maximum absolute atomic E-state index is 6.15. The number of fused-ring (bicyclic) bond motifs is 2. The van der Waals surface area contributed by atoms with Crippen LogP contribution >= 0.6 is 15.9 Å². The van der Waals surface area contributed by atoms with E-state index in [0.717, 1.165) is 45.7 Å². The first-order valence-corrected chi connectivity index (χ1v) is 10.9. The van der Waals surface area contributed by atoms with Gasteiger partial charge in [0, 0.05) is 18.1 Å². The van der Waals surface area contributed by atoms with Gasteiger partial charge in [-0.2, -0.15) is 0 Å². The lowest BCUT2D eigenvalue weighted by atomic mass is 10.1. The molecule has 32 heavy (non-hydrogen) atoms. The second-order valence-electron chi connectivity index (χ2n) is 6.86. The smallest absolute Gasteiger partial charge is 0.166 e. The van der Waals surface area contributed by atoms with E-state index < -0.39 is 0 Å². The van der Waals surface area contributed by atoms with Crippen LogP contribution in [0, 0.1) is 0 Å². The van der Waals surface area contributed by atoms with Crippen molar-refractivity contribution in [3.8, 4) is 17.1 Å². The third kappa shape index (κ3) is 4.80. The molecule has 0 bridgehead atoms. The van der Waals surface area contributed by atoms with Gasteiger partial charge in [0.2, 0.25) is 0 Å². The van der Waals surface area contributed by atoms with Gasteiger partial charge in [0.15, 0.2) is 11.5 Å². The van der Waals surface area contributed by atoms with E-state index in [1.165, 1.54) is 30.8 Å². The van der Waals surface area contributed by atoms with Gasteiger partial charge in [0.25, 0.3) is 0 Å². The Morgan fingerprint density at radius 1 is 1.09 bits per heavy atom. The van der Waals surface area contributed by atoms with Crippen LogP contribution in [-0.2, 0) is 12.8 Å². The summed E-state index contributed by atoms with van der Waals surface area (Å²) in [7, 11) is 1.50. The van der Waals surface area contributed by atoms with E-state index in [1.54, 1.807) is 6.20 Å². The topological polar surface area (TPSA) is 134 Å². The molecule has 0 atom stereocenters. The summed E-state index contributed by atoms with van der Waals surface area (Å²) in [5.41, 5.74) is 19.2. The number of hydrogen-bond acceptors (Lipinski definition) is 7. The number of nitrogens with zero attached hydrogens (tertiary/aromatic N) is 4. The Kier molecular flexibility index (Phi) is 7.93. The number of hydrazine groups is 1. The Hall–Kier alpha value is -3.27. The first-order valence-electron chi connectivity index (χ1n) is 10.1. The summed E-state index contributed by atoms with van der Waals surface area (Å²) >= 11 is 3.48. The molecule has 9 heteroatoms. The Bertz CT molecular complexity index is 1220. The van der Waals surface area contributed by atoms with Crippen molar-refractivity contribution >= 4 is 32.9 Å². The summed E-state index contributed by atoms with van der Waals surface area (Å²) in [5, 5.41) is 0. The van der Waals surface area contributed by atoms with Crippen molar-refractivity contribution in [2.24, 2.45) is 11.6 Å². The monoisotopic (exact) mass is 494 g/mol. The van der Waals surface area contributed by atoms with E-state index in [0.29, 0.717) is 5.82 Å². The first kappa shape index (κ1) is 23.4. The van der Waals surface area contributed by atoms with Crippen LogP contribution < -0.4 is 22.7 Å². The number of anilines is 1. The normalized spacial score (nSPS) is 11.6. The molecule has 0 fully saturated rings. The van der Waals surface area contributed by atoms with Crippen LogP contribution in [0.2, 0.25) is 0 Å². The van der Waals surface area contributed by atoms with Crippen molar-refractivity contribution in [1.29, 1.82) is 0 Å². The summed E-state index contributed by atoms with van der Waals surface area (Å²) in [6.45, 7) is 3.24. The fourth-order valence-electron chi connectivity index (χ4n) is 3.66. The summed E-state index contributed by atoms with van der Waals surface area (Å²) in [4.78, 5) is 13.7. The molecule has 1 aromatic carbocycles. The van der Waals surface area contributed by atoms with Crippen molar-refractivity contribution < 1.29 is 0 Å². The van der Waals surface area contributed by atoms with E-state index in [1.807, 2.05) is 24.3 Å². The highest BCUT2D eigenvalue weighted by Gasteiger charge is 2.19. The Morgan fingerprint density at radius 2 is 1.84 bits per heavy atom. The van der Waals surface area contributed by atoms with E-state index in [4.69, 9.17) is 10.7 Å². The minimum Gasteiger partial charge on any atom is -0.383 e. The molecular weight excluding hydrogens is 468 g/mol. The van der Waals surface area contributed by atoms with Crippen LogP contribution in [0.1, 0.15) is 17.5 Å². The quantitative estimate of drug-likeness (QED) is 0.194. The van der Waals surface area contributed by atoms with Crippen molar-refractivity contribution in [2.75, 3.05) is 12.8 Å². The molecule has 7 N–H and O–H groups in total. The number of benzene rings is 1. The summed E-state index contributed by atoms with van der Waals surface area (Å²) in [6.07, 6.45) is 6.59. The zero-order valence-corrected chi connectivity index (χ0v) is 19.5. The van der Waals surface area contributed by atoms with Crippen LogP contribution in [-0.4, -0.2) is 26.6 Å². The number of nitrogens with two attached hydrogens (primary N) is 3.